The van der Waals surface area contributed by atoms with Gasteiger partial charge in [0.2, 0.25) is 0 Å². The van der Waals surface area contributed by atoms with Gasteiger partial charge >= 0.3 is 0 Å². The van der Waals surface area contributed by atoms with Crippen molar-refractivity contribution >= 4 is 11.6 Å². The van der Waals surface area contributed by atoms with Gasteiger partial charge in [-0.05, 0) is 49.6 Å². The molecule has 0 fully saturated rings. The van der Waals surface area contributed by atoms with Crippen LogP contribution in [-0.4, -0.2) is 5.91 Å². The molecule has 0 aromatic heterocycles. The van der Waals surface area contributed by atoms with Gasteiger partial charge in [0.05, 0.1) is 0 Å². The van der Waals surface area contributed by atoms with E-state index >= 15 is 0 Å². The van der Waals surface area contributed by atoms with Crippen LogP contribution in [0.4, 0.5) is 5.69 Å². The average molecular weight is 239 g/mol. The maximum absolute atomic E-state index is 12.2. The largest absolute Gasteiger partial charge is 0.322 e. The molecular formula is C16H17NO. The van der Waals surface area contributed by atoms with E-state index in [1.165, 1.54) is 0 Å². The number of para-hydroxylation sites is 1. The third-order valence-electron chi connectivity index (χ3n) is 3.24. The molecule has 18 heavy (non-hydrogen) atoms. The van der Waals surface area contributed by atoms with Gasteiger partial charge in [-0.2, -0.15) is 0 Å². The lowest BCUT2D eigenvalue weighted by atomic mass is 10.0. The Morgan fingerprint density at radius 2 is 1.56 bits per heavy atom. The molecular weight excluding hydrogens is 222 g/mol. The van der Waals surface area contributed by atoms with Gasteiger partial charge in [0.25, 0.3) is 5.91 Å². The zero-order chi connectivity index (χ0) is 13.1. The number of aryl methyl sites for hydroxylation is 2. The zero-order valence-corrected chi connectivity index (χ0v) is 10.9. The monoisotopic (exact) mass is 239 g/mol. The smallest absolute Gasteiger partial charge is 0.255 e. The molecule has 1 amide bonds. The number of anilines is 1. The van der Waals surface area contributed by atoms with Gasteiger partial charge in [-0.1, -0.05) is 30.3 Å². The second kappa shape index (κ2) is 5.05. The SMILES string of the molecule is Cc1ccccc1NC(=O)c1cccc(C)c1C. The van der Waals surface area contributed by atoms with Gasteiger partial charge in [-0.15, -0.1) is 0 Å². The standard InChI is InChI=1S/C16H17NO/c1-11-8-6-9-14(13(11)3)16(18)17-15-10-5-4-7-12(15)2/h4-10H,1-3H3,(H,17,18). The van der Waals surface area contributed by atoms with Crippen molar-refractivity contribution in [3.05, 3.63) is 64.7 Å². The first-order valence-corrected chi connectivity index (χ1v) is 6.03. The van der Waals surface area contributed by atoms with Crippen LogP contribution >= 0.6 is 0 Å². The maximum Gasteiger partial charge on any atom is 0.255 e. The van der Waals surface area contributed by atoms with Crippen LogP contribution in [0.1, 0.15) is 27.0 Å². The minimum Gasteiger partial charge on any atom is -0.322 e. The number of amides is 1. The predicted molar refractivity (Wildman–Crippen MR) is 75.0 cm³/mol. The summed E-state index contributed by atoms with van der Waals surface area (Å²) in [7, 11) is 0. The second-order valence-corrected chi connectivity index (χ2v) is 4.52. The normalized spacial score (nSPS) is 10.2. The van der Waals surface area contributed by atoms with Gasteiger partial charge < -0.3 is 5.32 Å². The van der Waals surface area contributed by atoms with Crippen molar-refractivity contribution in [2.24, 2.45) is 0 Å². The highest BCUT2D eigenvalue weighted by atomic mass is 16.1. The molecule has 0 aliphatic carbocycles. The molecule has 0 radical (unpaired) electrons. The molecule has 0 heterocycles. The number of rotatable bonds is 2. The van der Waals surface area contributed by atoms with Gasteiger partial charge in [0, 0.05) is 11.3 Å². The van der Waals surface area contributed by atoms with Crippen LogP contribution < -0.4 is 5.32 Å². The van der Waals surface area contributed by atoms with Crippen molar-refractivity contribution in [1.82, 2.24) is 0 Å². The Balaban J connectivity index is 2.28. The Morgan fingerprint density at radius 1 is 0.889 bits per heavy atom. The second-order valence-electron chi connectivity index (χ2n) is 4.52. The molecule has 2 heteroatoms. The molecule has 0 spiro atoms. The van der Waals surface area contributed by atoms with E-state index in [0.29, 0.717) is 0 Å². The van der Waals surface area contributed by atoms with E-state index in [1.807, 2.05) is 63.2 Å². The summed E-state index contributed by atoms with van der Waals surface area (Å²) < 4.78 is 0. The highest BCUT2D eigenvalue weighted by Gasteiger charge is 2.10. The molecule has 0 aliphatic heterocycles. The van der Waals surface area contributed by atoms with Gasteiger partial charge in [-0.3, -0.25) is 4.79 Å². The third-order valence-corrected chi connectivity index (χ3v) is 3.24. The van der Waals surface area contributed by atoms with Gasteiger partial charge in [0.1, 0.15) is 0 Å². The Labute approximate surface area is 108 Å². The minimum atomic E-state index is -0.0505. The van der Waals surface area contributed by atoms with E-state index in [2.05, 4.69) is 5.32 Å². The fourth-order valence-corrected chi connectivity index (χ4v) is 1.90. The van der Waals surface area contributed by atoms with E-state index in [4.69, 9.17) is 0 Å². The summed E-state index contributed by atoms with van der Waals surface area (Å²) in [5, 5.41) is 2.96. The number of carbonyl (C=O) groups is 1. The number of nitrogens with one attached hydrogen (secondary N) is 1. The highest BCUT2D eigenvalue weighted by Crippen LogP contribution is 2.17. The summed E-state index contributed by atoms with van der Waals surface area (Å²) in [5.74, 6) is -0.0505. The summed E-state index contributed by atoms with van der Waals surface area (Å²) in [5.41, 5.74) is 4.83. The molecule has 1 N–H and O–H groups in total. The Bertz CT molecular complexity index is 587. The zero-order valence-electron chi connectivity index (χ0n) is 10.9. The van der Waals surface area contributed by atoms with Crippen LogP contribution in [0.25, 0.3) is 0 Å². The van der Waals surface area contributed by atoms with Gasteiger partial charge in [-0.25, -0.2) is 0 Å². The predicted octanol–water partition coefficient (Wildman–Crippen LogP) is 3.86. The van der Waals surface area contributed by atoms with Gasteiger partial charge in [0.15, 0.2) is 0 Å². The Morgan fingerprint density at radius 3 is 2.28 bits per heavy atom. The van der Waals surface area contributed by atoms with Crippen LogP contribution in [0.5, 0.6) is 0 Å². The van der Waals surface area contributed by atoms with Crippen LogP contribution in [0.3, 0.4) is 0 Å². The van der Waals surface area contributed by atoms with E-state index < -0.39 is 0 Å². The quantitative estimate of drug-likeness (QED) is 0.847. The third kappa shape index (κ3) is 2.43. The molecule has 0 aliphatic rings. The molecule has 2 aromatic rings. The lowest BCUT2D eigenvalue weighted by Gasteiger charge is -2.11. The molecule has 2 nitrogen and oxygen atoms in total. The summed E-state index contributed by atoms with van der Waals surface area (Å²) in [6.07, 6.45) is 0. The first-order valence-electron chi connectivity index (χ1n) is 6.03. The molecule has 0 saturated heterocycles. The van der Waals surface area contributed by atoms with E-state index in [9.17, 15) is 4.79 Å². The molecule has 92 valence electrons. The maximum atomic E-state index is 12.2. The number of carbonyl (C=O) groups excluding carboxylic acids is 1. The van der Waals surface area contributed by atoms with Crippen LogP contribution in [0.2, 0.25) is 0 Å². The summed E-state index contributed by atoms with van der Waals surface area (Å²) in [6.45, 7) is 5.97. The fourth-order valence-electron chi connectivity index (χ4n) is 1.90. The summed E-state index contributed by atoms with van der Waals surface area (Å²) in [4.78, 5) is 12.2. The van der Waals surface area contributed by atoms with Crippen molar-refractivity contribution < 1.29 is 4.79 Å². The van der Waals surface area contributed by atoms with Crippen LogP contribution in [0, 0.1) is 20.8 Å². The molecule has 0 atom stereocenters. The molecule has 2 rings (SSSR count). The van der Waals surface area contributed by atoms with E-state index in [-0.39, 0.29) is 5.91 Å². The van der Waals surface area contributed by atoms with Crippen molar-refractivity contribution in [3.8, 4) is 0 Å². The van der Waals surface area contributed by atoms with Crippen molar-refractivity contribution in [1.29, 1.82) is 0 Å². The molecule has 0 bridgehead atoms. The van der Waals surface area contributed by atoms with E-state index in [1.54, 1.807) is 0 Å². The molecule has 0 unspecified atom stereocenters. The van der Waals surface area contributed by atoms with Crippen molar-refractivity contribution in [3.63, 3.8) is 0 Å². The lowest BCUT2D eigenvalue weighted by molar-refractivity contribution is 0.102. The van der Waals surface area contributed by atoms with Crippen molar-refractivity contribution in [2.45, 2.75) is 20.8 Å². The first kappa shape index (κ1) is 12.4. The number of hydrogen-bond donors (Lipinski definition) is 1. The van der Waals surface area contributed by atoms with Crippen LogP contribution in [0.15, 0.2) is 42.5 Å². The number of benzene rings is 2. The summed E-state index contributed by atoms with van der Waals surface area (Å²) >= 11 is 0. The topological polar surface area (TPSA) is 29.1 Å². The van der Waals surface area contributed by atoms with Crippen LogP contribution in [-0.2, 0) is 0 Å². The average Bonchev–Trinajstić information content (AvgIpc) is 2.35. The lowest BCUT2D eigenvalue weighted by Crippen LogP contribution is -2.14. The fraction of sp³-hybridized carbons (Fsp3) is 0.188. The minimum absolute atomic E-state index is 0.0505. The Hall–Kier alpha value is -2.09. The highest BCUT2D eigenvalue weighted by molar-refractivity contribution is 6.05. The van der Waals surface area contributed by atoms with Crippen molar-refractivity contribution in [2.75, 3.05) is 5.32 Å². The summed E-state index contributed by atoms with van der Waals surface area (Å²) in [6, 6.07) is 13.6. The van der Waals surface area contributed by atoms with E-state index in [0.717, 1.165) is 27.9 Å². The molecule has 2 aromatic carbocycles. The first-order chi connectivity index (χ1) is 8.59. The molecule has 0 saturated carbocycles. The Kier molecular flexibility index (Phi) is 3.47. The number of hydrogen-bond acceptors (Lipinski definition) is 1.